The van der Waals surface area contributed by atoms with Gasteiger partial charge in [0, 0.05) is 50.9 Å². The summed E-state index contributed by atoms with van der Waals surface area (Å²) in [5, 5.41) is 3.25. The number of likely N-dealkylation sites (tertiary alicyclic amines) is 1. The van der Waals surface area contributed by atoms with E-state index < -0.39 is 5.82 Å². The molecule has 3 aliphatic rings. The Hall–Kier alpha value is -1.99. The Morgan fingerprint density at radius 3 is 2.47 bits per heavy atom. The lowest BCUT2D eigenvalue weighted by atomic mass is 9.95. The summed E-state index contributed by atoms with van der Waals surface area (Å²) in [6, 6.07) is 6.44. The molecule has 3 fully saturated rings. The minimum absolute atomic E-state index is 0.108. The standard InChI is InChI=1S/C27H41FN4O2/c1-21-8-4-5-14-30(21)15-7-13-29-26(33)25(22-9-2-3-10-22)31-16-18-32(19-17-31)27(34)23-11-6-12-24(28)20-23/h6,11-12,20-22,25H,2-5,7-10,13-19H2,1H3,(H,29,33)/t21-,25-/m1/s1. The van der Waals surface area contributed by atoms with Crippen molar-refractivity contribution in [2.75, 3.05) is 45.8 Å². The molecule has 1 aromatic rings. The van der Waals surface area contributed by atoms with E-state index in [0.29, 0.717) is 43.7 Å². The molecule has 4 rings (SSSR count). The SMILES string of the molecule is C[C@@H]1CCCCN1CCCNC(=O)[C@@H](C1CCCC1)N1CCN(C(=O)c2cccc(F)c2)CC1. The van der Waals surface area contributed by atoms with Gasteiger partial charge in [0.2, 0.25) is 5.91 Å². The van der Waals surface area contributed by atoms with Crippen molar-refractivity contribution in [2.24, 2.45) is 5.92 Å². The molecule has 2 saturated heterocycles. The molecule has 6 nitrogen and oxygen atoms in total. The molecule has 0 aromatic heterocycles. The third kappa shape index (κ3) is 6.36. The van der Waals surface area contributed by atoms with E-state index in [-0.39, 0.29) is 17.9 Å². The molecule has 0 spiro atoms. The molecule has 0 bridgehead atoms. The van der Waals surface area contributed by atoms with Gasteiger partial charge in [-0.1, -0.05) is 25.3 Å². The van der Waals surface area contributed by atoms with Crippen molar-refractivity contribution in [3.05, 3.63) is 35.6 Å². The van der Waals surface area contributed by atoms with Crippen LogP contribution >= 0.6 is 0 Å². The lowest BCUT2D eigenvalue weighted by Gasteiger charge is -2.41. The van der Waals surface area contributed by atoms with Gasteiger partial charge in [0.25, 0.3) is 5.91 Å². The second-order valence-corrected chi connectivity index (χ2v) is 10.4. The van der Waals surface area contributed by atoms with Crippen LogP contribution in [0, 0.1) is 11.7 Å². The number of carbonyl (C=O) groups is 2. The Labute approximate surface area is 203 Å². The number of piperidine rings is 1. The lowest BCUT2D eigenvalue weighted by Crippen LogP contribution is -2.58. The van der Waals surface area contributed by atoms with Crippen LogP contribution in [0.1, 0.15) is 68.6 Å². The van der Waals surface area contributed by atoms with Crippen LogP contribution in [-0.4, -0.2) is 84.4 Å². The Morgan fingerprint density at radius 2 is 1.76 bits per heavy atom. The van der Waals surface area contributed by atoms with E-state index in [0.717, 1.165) is 32.4 Å². The minimum Gasteiger partial charge on any atom is -0.355 e. The van der Waals surface area contributed by atoms with Crippen LogP contribution in [0.2, 0.25) is 0 Å². The van der Waals surface area contributed by atoms with E-state index in [1.54, 1.807) is 17.0 Å². The van der Waals surface area contributed by atoms with Crippen molar-refractivity contribution in [3.63, 3.8) is 0 Å². The Bertz CT molecular complexity index is 821. The number of hydrogen-bond donors (Lipinski definition) is 1. The number of carbonyl (C=O) groups excluding carboxylic acids is 2. The summed E-state index contributed by atoms with van der Waals surface area (Å²) in [5.74, 6) is 0.0289. The maximum Gasteiger partial charge on any atom is 0.254 e. The fourth-order valence-corrected chi connectivity index (χ4v) is 6.05. The van der Waals surface area contributed by atoms with Crippen LogP contribution in [-0.2, 0) is 4.79 Å². The quantitative estimate of drug-likeness (QED) is 0.588. The Morgan fingerprint density at radius 1 is 1.03 bits per heavy atom. The van der Waals surface area contributed by atoms with E-state index in [1.807, 2.05) is 0 Å². The van der Waals surface area contributed by atoms with Gasteiger partial charge >= 0.3 is 0 Å². The van der Waals surface area contributed by atoms with Crippen LogP contribution in [0.5, 0.6) is 0 Å². The second-order valence-electron chi connectivity index (χ2n) is 10.4. The number of nitrogens with zero attached hydrogens (tertiary/aromatic N) is 3. The van der Waals surface area contributed by atoms with Gasteiger partial charge in [0.05, 0.1) is 6.04 Å². The highest BCUT2D eigenvalue weighted by Gasteiger charge is 2.37. The van der Waals surface area contributed by atoms with Crippen LogP contribution in [0.15, 0.2) is 24.3 Å². The third-order valence-electron chi connectivity index (χ3n) is 8.04. The van der Waals surface area contributed by atoms with Crippen molar-refractivity contribution in [1.82, 2.24) is 20.0 Å². The van der Waals surface area contributed by atoms with Gasteiger partial charge in [-0.05, 0) is 69.7 Å². The van der Waals surface area contributed by atoms with Crippen LogP contribution in [0.3, 0.4) is 0 Å². The van der Waals surface area contributed by atoms with E-state index in [2.05, 4.69) is 22.0 Å². The topological polar surface area (TPSA) is 55.9 Å². The van der Waals surface area contributed by atoms with Crippen molar-refractivity contribution in [3.8, 4) is 0 Å². The highest BCUT2D eigenvalue weighted by Crippen LogP contribution is 2.31. The van der Waals surface area contributed by atoms with Gasteiger partial charge in [-0.2, -0.15) is 0 Å². The lowest BCUT2D eigenvalue weighted by molar-refractivity contribution is -0.129. The van der Waals surface area contributed by atoms with Crippen LogP contribution < -0.4 is 5.32 Å². The molecule has 0 unspecified atom stereocenters. The van der Waals surface area contributed by atoms with E-state index in [4.69, 9.17) is 0 Å². The minimum atomic E-state index is -0.391. The number of rotatable bonds is 8. The largest absolute Gasteiger partial charge is 0.355 e. The maximum absolute atomic E-state index is 13.6. The summed E-state index contributed by atoms with van der Waals surface area (Å²) in [4.78, 5) is 32.8. The molecule has 0 radical (unpaired) electrons. The average molecular weight is 473 g/mol. The maximum atomic E-state index is 13.6. The molecular formula is C27H41FN4O2. The summed E-state index contributed by atoms with van der Waals surface area (Å²) in [6.07, 6.45) is 9.48. The average Bonchev–Trinajstić information content (AvgIpc) is 3.37. The number of piperazine rings is 1. The van der Waals surface area contributed by atoms with Crippen LogP contribution in [0.4, 0.5) is 4.39 Å². The smallest absolute Gasteiger partial charge is 0.254 e. The Balaban J connectivity index is 1.29. The van der Waals surface area contributed by atoms with Gasteiger partial charge < -0.3 is 15.1 Å². The first-order valence-corrected chi connectivity index (χ1v) is 13.3. The van der Waals surface area contributed by atoms with E-state index >= 15 is 0 Å². The molecule has 2 amide bonds. The number of benzene rings is 1. The first-order valence-electron chi connectivity index (χ1n) is 13.3. The zero-order valence-electron chi connectivity index (χ0n) is 20.7. The number of nitrogens with one attached hydrogen (secondary N) is 1. The highest BCUT2D eigenvalue weighted by atomic mass is 19.1. The fourth-order valence-electron chi connectivity index (χ4n) is 6.05. The molecule has 1 N–H and O–H groups in total. The van der Waals surface area contributed by atoms with E-state index in [1.165, 1.54) is 50.8 Å². The van der Waals surface area contributed by atoms with Crippen molar-refractivity contribution < 1.29 is 14.0 Å². The molecular weight excluding hydrogens is 431 g/mol. The first-order chi connectivity index (χ1) is 16.5. The predicted octanol–water partition coefficient (Wildman–Crippen LogP) is 3.52. The van der Waals surface area contributed by atoms with Crippen LogP contribution in [0.25, 0.3) is 0 Å². The van der Waals surface area contributed by atoms with Crippen molar-refractivity contribution >= 4 is 11.8 Å². The predicted molar refractivity (Wildman–Crippen MR) is 132 cm³/mol. The zero-order chi connectivity index (χ0) is 23.9. The van der Waals surface area contributed by atoms with Gasteiger partial charge in [-0.3, -0.25) is 14.5 Å². The number of halogens is 1. The number of hydrogen-bond acceptors (Lipinski definition) is 4. The Kier molecular flexibility index (Phi) is 8.95. The molecule has 1 aromatic carbocycles. The fraction of sp³-hybridized carbons (Fsp3) is 0.704. The highest BCUT2D eigenvalue weighted by molar-refractivity contribution is 5.94. The summed E-state index contributed by atoms with van der Waals surface area (Å²) in [5.41, 5.74) is 0.390. The summed E-state index contributed by atoms with van der Waals surface area (Å²) >= 11 is 0. The summed E-state index contributed by atoms with van der Waals surface area (Å²) < 4.78 is 13.6. The first kappa shape index (κ1) is 25.1. The monoisotopic (exact) mass is 472 g/mol. The molecule has 2 heterocycles. The summed E-state index contributed by atoms with van der Waals surface area (Å²) in [7, 11) is 0. The molecule has 1 saturated carbocycles. The molecule has 2 atom stereocenters. The normalized spacial score (nSPS) is 23.7. The zero-order valence-corrected chi connectivity index (χ0v) is 20.7. The second kappa shape index (κ2) is 12.1. The molecule has 7 heteroatoms. The van der Waals surface area contributed by atoms with Crippen molar-refractivity contribution in [1.29, 1.82) is 0 Å². The molecule has 1 aliphatic carbocycles. The van der Waals surface area contributed by atoms with Gasteiger partial charge in [-0.25, -0.2) is 4.39 Å². The molecule has 2 aliphatic heterocycles. The number of amides is 2. The molecule has 188 valence electrons. The van der Waals surface area contributed by atoms with Crippen molar-refractivity contribution in [2.45, 2.75) is 70.4 Å². The third-order valence-corrected chi connectivity index (χ3v) is 8.04. The van der Waals surface area contributed by atoms with Gasteiger partial charge in [0.15, 0.2) is 0 Å². The molecule has 34 heavy (non-hydrogen) atoms. The van der Waals surface area contributed by atoms with Gasteiger partial charge in [-0.15, -0.1) is 0 Å². The van der Waals surface area contributed by atoms with Gasteiger partial charge in [0.1, 0.15) is 5.82 Å². The summed E-state index contributed by atoms with van der Waals surface area (Å²) in [6.45, 7) is 7.77. The van der Waals surface area contributed by atoms with E-state index in [9.17, 15) is 14.0 Å².